The van der Waals surface area contributed by atoms with E-state index in [0.717, 1.165) is 36.5 Å². The van der Waals surface area contributed by atoms with E-state index in [-0.39, 0.29) is 5.91 Å². The van der Waals surface area contributed by atoms with Crippen LogP contribution >= 0.6 is 0 Å². The molecule has 0 saturated carbocycles. The lowest BCUT2D eigenvalue weighted by molar-refractivity contribution is -0.141. The lowest BCUT2D eigenvalue weighted by Crippen LogP contribution is -2.50. The second kappa shape index (κ2) is 6.93. The van der Waals surface area contributed by atoms with Crippen molar-refractivity contribution >= 4 is 5.91 Å². The summed E-state index contributed by atoms with van der Waals surface area (Å²) in [7, 11) is 0. The number of aliphatic hydroxyl groups excluding tert-OH is 1. The quantitative estimate of drug-likeness (QED) is 0.886. The molecular weight excluding hydrogens is 292 g/mol. The number of hydrogen-bond acceptors (Lipinski definition) is 4. The summed E-state index contributed by atoms with van der Waals surface area (Å²) in [4.78, 5) is 15.8. The first kappa shape index (κ1) is 15.7. The SMILES string of the molecule is CC(O)C(=O)N1CCN(Cc2cn[nH]c2-c2ccccc2)CC1. The number of aromatic amines is 1. The summed E-state index contributed by atoms with van der Waals surface area (Å²) in [6, 6.07) is 10.2. The third kappa shape index (κ3) is 3.60. The molecule has 1 fully saturated rings. The van der Waals surface area contributed by atoms with Gasteiger partial charge in [0, 0.05) is 38.3 Å². The van der Waals surface area contributed by atoms with Gasteiger partial charge in [-0.2, -0.15) is 5.10 Å². The molecule has 0 spiro atoms. The Labute approximate surface area is 135 Å². The molecule has 0 bridgehead atoms. The molecule has 3 rings (SSSR count). The average Bonchev–Trinajstić information content (AvgIpc) is 3.04. The molecule has 1 amide bonds. The van der Waals surface area contributed by atoms with Crippen molar-refractivity contribution in [2.45, 2.75) is 19.6 Å². The molecule has 122 valence electrons. The van der Waals surface area contributed by atoms with Gasteiger partial charge in [0.25, 0.3) is 5.91 Å². The normalized spacial score (nSPS) is 17.2. The van der Waals surface area contributed by atoms with Gasteiger partial charge < -0.3 is 10.0 Å². The van der Waals surface area contributed by atoms with Gasteiger partial charge in [0.2, 0.25) is 0 Å². The van der Waals surface area contributed by atoms with Crippen LogP contribution in [0, 0.1) is 0 Å². The fourth-order valence-corrected chi connectivity index (χ4v) is 2.92. The Bertz CT molecular complexity index is 646. The Kier molecular flexibility index (Phi) is 4.73. The number of piperazine rings is 1. The number of hydrogen-bond donors (Lipinski definition) is 2. The molecule has 2 N–H and O–H groups in total. The van der Waals surface area contributed by atoms with Crippen LogP contribution < -0.4 is 0 Å². The summed E-state index contributed by atoms with van der Waals surface area (Å²) >= 11 is 0. The minimum Gasteiger partial charge on any atom is -0.384 e. The maximum Gasteiger partial charge on any atom is 0.251 e. The topological polar surface area (TPSA) is 72.5 Å². The van der Waals surface area contributed by atoms with Crippen molar-refractivity contribution in [3.8, 4) is 11.3 Å². The Morgan fingerprint density at radius 3 is 2.61 bits per heavy atom. The van der Waals surface area contributed by atoms with E-state index in [2.05, 4.69) is 27.2 Å². The number of H-pyrrole nitrogens is 1. The molecule has 1 aromatic carbocycles. The van der Waals surface area contributed by atoms with Crippen LogP contribution in [0.5, 0.6) is 0 Å². The maximum atomic E-state index is 11.8. The smallest absolute Gasteiger partial charge is 0.251 e. The Morgan fingerprint density at radius 1 is 1.26 bits per heavy atom. The summed E-state index contributed by atoms with van der Waals surface area (Å²) in [5, 5.41) is 16.7. The predicted molar refractivity (Wildman–Crippen MR) is 87.6 cm³/mol. The second-order valence-corrected chi connectivity index (χ2v) is 5.91. The van der Waals surface area contributed by atoms with Crippen molar-refractivity contribution in [1.82, 2.24) is 20.0 Å². The fourth-order valence-electron chi connectivity index (χ4n) is 2.92. The van der Waals surface area contributed by atoms with E-state index >= 15 is 0 Å². The number of aromatic nitrogens is 2. The summed E-state index contributed by atoms with van der Waals surface area (Å²) in [5.41, 5.74) is 3.34. The molecule has 1 aromatic heterocycles. The zero-order valence-corrected chi connectivity index (χ0v) is 13.3. The molecule has 6 nitrogen and oxygen atoms in total. The first-order valence-corrected chi connectivity index (χ1v) is 7.92. The number of aliphatic hydroxyl groups is 1. The minimum absolute atomic E-state index is 0.182. The van der Waals surface area contributed by atoms with Crippen LogP contribution in [0.25, 0.3) is 11.3 Å². The standard InChI is InChI=1S/C17H22N4O2/c1-13(22)17(23)21-9-7-20(8-10-21)12-15-11-18-19-16(15)14-5-3-2-4-6-14/h2-6,11,13,22H,7-10,12H2,1H3,(H,18,19). The lowest BCUT2D eigenvalue weighted by Gasteiger charge is -2.35. The van der Waals surface area contributed by atoms with Crippen molar-refractivity contribution in [3.63, 3.8) is 0 Å². The Morgan fingerprint density at radius 2 is 1.96 bits per heavy atom. The third-order valence-corrected chi connectivity index (χ3v) is 4.22. The Hall–Kier alpha value is -2.18. The number of nitrogens with zero attached hydrogens (tertiary/aromatic N) is 3. The minimum atomic E-state index is -0.917. The van der Waals surface area contributed by atoms with Gasteiger partial charge in [0.15, 0.2) is 0 Å². The van der Waals surface area contributed by atoms with Crippen LogP contribution in [-0.2, 0) is 11.3 Å². The largest absolute Gasteiger partial charge is 0.384 e. The van der Waals surface area contributed by atoms with Crippen LogP contribution in [0.1, 0.15) is 12.5 Å². The zero-order chi connectivity index (χ0) is 16.2. The van der Waals surface area contributed by atoms with Crippen LogP contribution in [0.3, 0.4) is 0 Å². The molecule has 1 unspecified atom stereocenters. The highest BCUT2D eigenvalue weighted by Gasteiger charge is 2.24. The summed E-state index contributed by atoms with van der Waals surface area (Å²) < 4.78 is 0. The molecule has 6 heteroatoms. The molecule has 1 atom stereocenters. The van der Waals surface area contributed by atoms with Gasteiger partial charge in [-0.3, -0.25) is 14.8 Å². The monoisotopic (exact) mass is 314 g/mol. The molecule has 2 aromatic rings. The first-order chi connectivity index (χ1) is 11.1. The fraction of sp³-hybridized carbons (Fsp3) is 0.412. The van der Waals surface area contributed by atoms with Crippen molar-refractivity contribution in [3.05, 3.63) is 42.1 Å². The van der Waals surface area contributed by atoms with Crippen LogP contribution in [0.15, 0.2) is 36.5 Å². The maximum absolute atomic E-state index is 11.8. The van der Waals surface area contributed by atoms with E-state index in [9.17, 15) is 9.90 Å². The van der Waals surface area contributed by atoms with Gasteiger partial charge in [0.1, 0.15) is 6.10 Å². The van der Waals surface area contributed by atoms with E-state index in [1.165, 1.54) is 6.92 Å². The average molecular weight is 314 g/mol. The molecular formula is C17H22N4O2. The van der Waals surface area contributed by atoms with E-state index in [1.807, 2.05) is 24.4 Å². The van der Waals surface area contributed by atoms with Gasteiger partial charge in [-0.1, -0.05) is 30.3 Å². The molecule has 23 heavy (non-hydrogen) atoms. The molecule has 0 radical (unpaired) electrons. The highest BCUT2D eigenvalue weighted by molar-refractivity contribution is 5.80. The molecule has 1 saturated heterocycles. The van der Waals surface area contributed by atoms with Crippen molar-refractivity contribution in [2.75, 3.05) is 26.2 Å². The predicted octanol–water partition coefficient (Wildman–Crippen LogP) is 1.10. The molecule has 2 heterocycles. The van der Waals surface area contributed by atoms with E-state index in [0.29, 0.717) is 13.1 Å². The number of rotatable bonds is 4. The van der Waals surface area contributed by atoms with Crippen molar-refractivity contribution < 1.29 is 9.90 Å². The second-order valence-electron chi connectivity index (χ2n) is 5.91. The number of benzene rings is 1. The number of carbonyl (C=O) groups excluding carboxylic acids is 1. The zero-order valence-electron chi connectivity index (χ0n) is 13.3. The number of carbonyl (C=O) groups is 1. The highest BCUT2D eigenvalue weighted by Crippen LogP contribution is 2.22. The number of nitrogens with one attached hydrogen (secondary N) is 1. The highest BCUT2D eigenvalue weighted by atomic mass is 16.3. The summed E-state index contributed by atoms with van der Waals surface area (Å²) in [6.45, 7) is 5.24. The molecule has 1 aliphatic heterocycles. The Balaban J connectivity index is 1.62. The van der Waals surface area contributed by atoms with Gasteiger partial charge >= 0.3 is 0 Å². The van der Waals surface area contributed by atoms with E-state index in [1.54, 1.807) is 4.90 Å². The van der Waals surface area contributed by atoms with E-state index < -0.39 is 6.10 Å². The van der Waals surface area contributed by atoms with E-state index in [4.69, 9.17) is 0 Å². The molecule has 0 aliphatic carbocycles. The summed E-state index contributed by atoms with van der Waals surface area (Å²) in [5.74, 6) is -0.182. The first-order valence-electron chi connectivity index (χ1n) is 7.92. The third-order valence-electron chi connectivity index (χ3n) is 4.22. The van der Waals surface area contributed by atoms with Crippen LogP contribution in [-0.4, -0.2) is 63.3 Å². The van der Waals surface area contributed by atoms with Gasteiger partial charge in [-0.15, -0.1) is 0 Å². The molecule has 1 aliphatic rings. The van der Waals surface area contributed by atoms with Gasteiger partial charge in [-0.25, -0.2) is 0 Å². The van der Waals surface area contributed by atoms with Gasteiger partial charge in [0.05, 0.1) is 11.9 Å². The van der Waals surface area contributed by atoms with Crippen molar-refractivity contribution in [1.29, 1.82) is 0 Å². The van der Waals surface area contributed by atoms with Crippen LogP contribution in [0.2, 0.25) is 0 Å². The lowest BCUT2D eigenvalue weighted by atomic mass is 10.1. The van der Waals surface area contributed by atoms with Gasteiger partial charge in [-0.05, 0) is 12.5 Å². The van der Waals surface area contributed by atoms with Crippen LogP contribution in [0.4, 0.5) is 0 Å². The number of amides is 1. The van der Waals surface area contributed by atoms with Crippen molar-refractivity contribution in [2.24, 2.45) is 0 Å². The summed E-state index contributed by atoms with van der Waals surface area (Å²) in [6.07, 6.45) is 0.954.